The normalized spacial score (nSPS) is 15.0. The molecule has 1 aromatic rings. The summed E-state index contributed by atoms with van der Waals surface area (Å²) in [5.74, 6) is 0. The van der Waals surface area contributed by atoms with Gasteiger partial charge >= 0.3 is 0 Å². The van der Waals surface area contributed by atoms with Gasteiger partial charge in [-0.2, -0.15) is 0 Å². The molecule has 0 N–H and O–H groups in total. The van der Waals surface area contributed by atoms with Gasteiger partial charge in [0.1, 0.15) is 10.3 Å². The van der Waals surface area contributed by atoms with Crippen LogP contribution in [0.2, 0.25) is 0 Å². The summed E-state index contributed by atoms with van der Waals surface area (Å²) in [6, 6.07) is 0. The Morgan fingerprint density at radius 3 is 2.43 bits per heavy atom. The number of nitrogens with zero attached hydrogens (tertiary/aromatic N) is 1. The van der Waals surface area contributed by atoms with E-state index in [0.29, 0.717) is 5.69 Å². The smallest absolute Gasteiger partial charge is 0.169 e. The molecule has 0 radical (unpaired) electrons. The second-order valence-corrected chi connectivity index (χ2v) is 4.93. The van der Waals surface area contributed by atoms with Crippen LogP contribution in [0.25, 0.3) is 0 Å². The van der Waals surface area contributed by atoms with E-state index in [1.54, 1.807) is 0 Å². The van der Waals surface area contributed by atoms with E-state index in [9.17, 15) is 4.79 Å². The highest BCUT2D eigenvalue weighted by Gasteiger charge is 2.19. The van der Waals surface area contributed by atoms with E-state index in [1.807, 2.05) is 0 Å². The highest BCUT2D eigenvalue weighted by Crippen LogP contribution is 2.33. The Hall–Kier alpha value is -0.220. The summed E-state index contributed by atoms with van der Waals surface area (Å²) in [7, 11) is 0. The van der Waals surface area contributed by atoms with Crippen LogP contribution in [0.1, 0.15) is 34.5 Å². The van der Waals surface area contributed by atoms with Crippen molar-refractivity contribution in [2.75, 3.05) is 0 Å². The fraction of sp³-hybridized carbons (Fsp3) is 0.400. The number of aldehydes is 1. The van der Waals surface area contributed by atoms with E-state index >= 15 is 0 Å². The summed E-state index contributed by atoms with van der Waals surface area (Å²) in [4.78, 5) is 15.0. The van der Waals surface area contributed by atoms with Crippen molar-refractivity contribution in [1.29, 1.82) is 0 Å². The van der Waals surface area contributed by atoms with Gasteiger partial charge in [0.25, 0.3) is 0 Å². The zero-order chi connectivity index (χ0) is 10.1. The molecule has 0 amide bonds. The van der Waals surface area contributed by atoms with Gasteiger partial charge in [-0.05, 0) is 68.7 Å². The zero-order valence-electron chi connectivity index (χ0n) is 7.52. The third kappa shape index (κ3) is 1.65. The first kappa shape index (κ1) is 10.3. The third-order valence-corrected chi connectivity index (χ3v) is 4.08. The first-order valence-electron chi connectivity index (χ1n) is 4.56. The molecule has 1 heterocycles. The third-order valence-electron chi connectivity index (χ3n) is 2.54. The van der Waals surface area contributed by atoms with Gasteiger partial charge in [-0.25, -0.2) is 4.98 Å². The van der Waals surface area contributed by atoms with E-state index in [1.165, 1.54) is 24.0 Å². The fourth-order valence-electron chi connectivity index (χ4n) is 1.83. The van der Waals surface area contributed by atoms with Gasteiger partial charge < -0.3 is 0 Å². The van der Waals surface area contributed by atoms with Crippen LogP contribution >= 0.6 is 31.9 Å². The van der Waals surface area contributed by atoms with Gasteiger partial charge in [0.05, 0.1) is 4.47 Å². The van der Waals surface area contributed by atoms with Crippen molar-refractivity contribution in [3.8, 4) is 0 Å². The standard InChI is InChI=1S/C10H9Br2NO/c11-9-6-3-1-2-4-7(6)10(12)13-8(9)5-14/h5H,1-4H2. The van der Waals surface area contributed by atoms with Crippen molar-refractivity contribution in [2.45, 2.75) is 25.7 Å². The number of halogens is 2. The summed E-state index contributed by atoms with van der Waals surface area (Å²) >= 11 is 6.86. The average Bonchev–Trinajstić information content (AvgIpc) is 2.23. The van der Waals surface area contributed by atoms with Gasteiger partial charge in [0.15, 0.2) is 6.29 Å². The van der Waals surface area contributed by atoms with Crippen LogP contribution in [0.4, 0.5) is 0 Å². The van der Waals surface area contributed by atoms with Crippen LogP contribution in [0.15, 0.2) is 9.08 Å². The van der Waals surface area contributed by atoms with Crippen LogP contribution in [-0.2, 0) is 12.8 Å². The van der Waals surface area contributed by atoms with Crippen LogP contribution in [0, 0.1) is 0 Å². The molecular weight excluding hydrogens is 310 g/mol. The molecule has 74 valence electrons. The summed E-state index contributed by atoms with van der Waals surface area (Å²) < 4.78 is 1.71. The van der Waals surface area contributed by atoms with E-state index in [4.69, 9.17) is 0 Å². The maximum atomic E-state index is 10.8. The van der Waals surface area contributed by atoms with Crippen LogP contribution < -0.4 is 0 Å². The van der Waals surface area contributed by atoms with Gasteiger partial charge in [-0.1, -0.05) is 0 Å². The molecule has 0 bridgehead atoms. The van der Waals surface area contributed by atoms with E-state index in [-0.39, 0.29) is 0 Å². The lowest BCUT2D eigenvalue weighted by atomic mass is 9.93. The molecule has 2 nitrogen and oxygen atoms in total. The molecule has 0 atom stereocenters. The van der Waals surface area contributed by atoms with Gasteiger partial charge in [0.2, 0.25) is 0 Å². The minimum Gasteiger partial charge on any atom is -0.296 e. The Balaban J connectivity index is 2.64. The first-order chi connectivity index (χ1) is 6.74. The van der Waals surface area contributed by atoms with Gasteiger partial charge in [0, 0.05) is 0 Å². The number of rotatable bonds is 1. The Kier molecular flexibility index (Phi) is 3.02. The van der Waals surface area contributed by atoms with Crippen LogP contribution in [0.3, 0.4) is 0 Å². The lowest BCUT2D eigenvalue weighted by Gasteiger charge is -2.18. The minimum atomic E-state index is 0.498. The lowest BCUT2D eigenvalue weighted by Crippen LogP contribution is -2.08. The summed E-state index contributed by atoms with van der Waals surface area (Å²) in [5.41, 5.74) is 3.01. The van der Waals surface area contributed by atoms with E-state index in [2.05, 4.69) is 36.8 Å². The van der Waals surface area contributed by atoms with Gasteiger partial charge in [-0.3, -0.25) is 4.79 Å². The number of hydrogen-bond donors (Lipinski definition) is 0. The number of pyridine rings is 1. The number of carbonyl (C=O) groups is 1. The quantitative estimate of drug-likeness (QED) is 0.587. The Morgan fingerprint density at radius 2 is 1.79 bits per heavy atom. The predicted molar refractivity (Wildman–Crippen MR) is 61.7 cm³/mol. The molecule has 0 aromatic carbocycles. The Bertz CT molecular complexity index is 390. The number of hydrogen-bond acceptors (Lipinski definition) is 2. The summed E-state index contributed by atoms with van der Waals surface area (Å²) in [6.07, 6.45) is 5.29. The van der Waals surface area contributed by atoms with Crippen LogP contribution in [-0.4, -0.2) is 11.3 Å². The molecule has 1 aliphatic carbocycles. The second-order valence-electron chi connectivity index (χ2n) is 3.38. The lowest BCUT2D eigenvalue weighted by molar-refractivity contribution is 0.111. The molecule has 14 heavy (non-hydrogen) atoms. The monoisotopic (exact) mass is 317 g/mol. The molecule has 0 saturated carbocycles. The number of fused-ring (bicyclic) bond motifs is 1. The zero-order valence-corrected chi connectivity index (χ0v) is 10.7. The molecular formula is C10H9Br2NO. The largest absolute Gasteiger partial charge is 0.296 e. The minimum absolute atomic E-state index is 0.498. The molecule has 0 aliphatic heterocycles. The molecule has 0 unspecified atom stereocenters. The van der Waals surface area contributed by atoms with Crippen molar-refractivity contribution in [2.24, 2.45) is 0 Å². The van der Waals surface area contributed by atoms with E-state index in [0.717, 1.165) is 28.2 Å². The second kappa shape index (κ2) is 4.11. The fourth-order valence-corrected chi connectivity index (χ4v) is 3.08. The summed E-state index contributed by atoms with van der Waals surface area (Å²) in [5, 5.41) is 0. The molecule has 0 saturated heterocycles. The molecule has 4 heteroatoms. The summed E-state index contributed by atoms with van der Waals surface area (Å²) in [6.45, 7) is 0. The first-order valence-corrected chi connectivity index (χ1v) is 6.14. The maximum absolute atomic E-state index is 10.8. The SMILES string of the molecule is O=Cc1nc(Br)c2c(c1Br)CCCC2. The number of aromatic nitrogens is 1. The average molecular weight is 319 g/mol. The highest BCUT2D eigenvalue weighted by atomic mass is 79.9. The topological polar surface area (TPSA) is 30.0 Å². The van der Waals surface area contributed by atoms with Crippen LogP contribution in [0.5, 0.6) is 0 Å². The molecule has 2 rings (SSSR count). The number of carbonyl (C=O) groups excluding carboxylic acids is 1. The van der Waals surface area contributed by atoms with E-state index < -0.39 is 0 Å². The molecule has 1 aromatic heterocycles. The molecule has 1 aliphatic rings. The predicted octanol–water partition coefficient (Wildman–Crippen LogP) is 3.30. The van der Waals surface area contributed by atoms with Crippen molar-refractivity contribution >= 4 is 38.1 Å². The Morgan fingerprint density at radius 1 is 1.14 bits per heavy atom. The van der Waals surface area contributed by atoms with Crippen molar-refractivity contribution in [3.63, 3.8) is 0 Å². The van der Waals surface area contributed by atoms with Gasteiger partial charge in [-0.15, -0.1) is 0 Å². The van der Waals surface area contributed by atoms with Crippen molar-refractivity contribution in [3.05, 3.63) is 25.9 Å². The van der Waals surface area contributed by atoms with Crippen molar-refractivity contribution < 1.29 is 4.79 Å². The maximum Gasteiger partial charge on any atom is 0.169 e. The molecule has 0 fully saturated rings. The van der Waals surface area contributed by atoms with Crippen molar-refractivity contribution in [1.82, 2.24) is 4.98 Å². The Labute approximate surface area is 99.4 Å². The highest BCUT2D eigenvalue weighted by molar-refractivity contribution is 9.11. The molecule has 0 spiro atoms.